The Morgan fingerprint density at radius 2 is 1.56 bits per heavy atom. The Hall–Kier alpha value is -3.02. The molecule has 0 saturated carbocycles. The van der Waals surface area contributed by atoms with Crippen molar-refractivity contribution in [2.75, 3.05) is 32.8 Å². The maximum absolute atomic E-state index is 12.4. The third-order valence-electron chi connectivity index (χ3n) is 4.34. The van der Waals surface area contributed by atoms with Gasteiger partial charge in [0.05, 0.1) is 12.1 Å². The van der Waals surface area contributed by atoms with Crippen molar-refractivity contribution in [3.05, 3.63) is 60.2 Å². The van der Waals surface area contributed by atoms with Gasteiger partial charge in [0.25, 0.3) is 5.91 Å². The molecule has 1 fully saturated rings. The second kappa shape index (κ2) is 9.62. The van der Waals surface area contributed by atoms with Crippen LogP contribution in [0.1, 0.15) is 23.2 Å². The molecule has 0 bridgehead atoms. The minimum atomic E-state index is -0.317. The van der Waals surface area contributed by atoms with Gasteiger partial charge in [-0.15, -0.1) is 0 Å². The normalized spacial score (nSPS) is 13.3. The number of carbonyl (C=O) groups is 2. The Kier molecular flexibility index (Phi) is 6.68. The zero-order valence-corrected chi connectivity index (χ0v) is 15.2. The average molecular weight is 368 g/mol. The lowest BCUT2D eigenvalue weighted by atomic mass is 10.2. The topological polar surface area (TPSA) is 67.9 Å². The number of hydrogen-bond acceptors (Lipinski definition) is 4. The predicted octanol–water partition coefficient (Wildman–Crippen LogP) is 2.50. The standard InChI is InChI=1S/C21H24N2O4/c24-20(23-12-6-7-13-23)16-22-21(25)18-10-4-5-11-19(18)27-15-14-26-17-8-2-1-3-9-17/h1-5,8-11H,6-7,12-16H2,(H,22,25). The summed E-state index contributed by atoms with van der Waals surface area (Å²) in [6, 6.07) is 16.5. The molecule has 2 aromatic carbocycles. The zero-order valence-electron chi connectivity index (χ0n) is 15.2. The molecule has 0 spiro atoms. The van der Waals surface area contributed by atoms with E-state index < -0.39 is 0 Å². The van der Waals surface area contributed by atoms with Crippen LogP contribution in [0.25, 0.3) is 0 Å². The van der Waals surface area contributed by atoms with Gasteiger partial charge in [-0.2, -0.15) is 0 Å². The number of para-hydroxylation sites is 2. The monoisotopic (exact) mass is 368 g/mol. The first-order valence-corrected chi connectivity index (χ1v) is 9.20. The van der Waals surface area contributed by atoms with Gasteiger partial charge in [-0.05, 0) is 37.1 Å². The summed E-state index contributed by atoms with van der Waals surface area (Å²) in [5, 5.41) is 2.69. The van der Waals surface area contributed by atoms with Crippen LogP contribution in [-0.2, 0) is 4.79 Å². The molecule has 2 amide bonds. The van der Waals surface area contributed by atoms with Crippen molar-refractivity contribution >= 4 is 11.8 Å². The Morgan fingerprint density at radius 3 is 2.33 bits per heavy atom. The number of carbonyl (C=O) groups excluding carboxylic acids is 2. The predicted molar refractivity (Wildman–Crippen MR) is 102 cm³/mol. The lowest BCUT2D eigenvalue weighted by molar-refractivity contribution is -0.129. The van der Waals surface area contributed by atoms with E-state index >= 15 is 0 Å². The van der Waals surface area contributed by atoms with Crippen molar-refractivity contribution in [1.29, 1.82) is 0 Å². The average Bonchev–Trinajstić information content (AvgIpc) is 3.25. The number of rotatable bonds is 8. The van der Waals surface area contributed by atoms with Gasteiger partial charge in [-0.1, -0.05) is 30.3 Å². The molecule has 0 aromatic heterocycles. The highest BCUT2D eigenvalue weighted by Gasteiger charge is 2.19. The summed E-state index contributed by atoms with van der Waals surface area (Å²) in [7, 11) is 0. The van der Waals surface area contributed by atoms with Crippen LogP contribution < -0.4 is 14.8 Å². The van der Waals surface area contributed by atoms with Gasteiger partial charge in [-0.3, -0.25) is 9.59 Å². The van der Waals surface area contributed by atoms with E-state index in [1.54, 1.807) is 29.2 Å². The summed E-state index contributed by atoms with van der Waals surface area (Å²) in [5.41, 5.74) is 0.409. The lowest BCUT2D eigenvalue weighted by Crippen LogP contribution is -2.38. The third-order valence-corrected chi connectivity index (χ3v) is 4.34. The molecule has 0 aliphatic carbocycles. The van der Waals surface area contributed by atoms with Gasteiger partial charge >= 0.3 is 0 Å². The molecule has 1 saturated heterocycles. The summed E-state index contributed by atoms with van der Waals surface area (Å²) >= 11 is 0. The number of nitrogens with one attached hydrogen (secondary N) is 1. The maximum Gasteiger partial charge on any atom is 0.255 e. The zero-order chi connectivity index (χ0) is 18.9. The molecule has 27 heavy (non-hydrogen) atoms. The van der Waals surface area contributed by atoms with Crippen LogP contribution in [0.3, 0.4) is 0 Å². The summed E-state index contributed by atoms with van der Waals surface area (Å²) in [5.74, 6) is 0.880. The molecule has 6 nitrogen and oxygen atoms in total. The third kappa shape index (κ3) is 5.48. The smallest absolute Gasteiger partial charge is 0.255 e. The molecular formula is C21H24N2O4. The van der Waals surface area contributed by atoms with Crippen LogP contribution in [0, 0.1) is 0 Å². The second-order valence-corrected chi connectivity index (χ2v) is 6.28. The fourth-order valence-electron chi connectivity index (χ4n) is 2.94. The molecule has 1 aliphatic rings. The number of likely N-dealkylation sites (tertiary alicyclic amines) is 1. The van der Waals surface area contributed by atoms with Crippen LogP contribution in [0.15, 0.2) is 54.6 Å². The molecule has 2 aromatic rings. The van der Waals surface area contributed by atoms with Gasteiger partial charge in [0.15, 0.2) is 0 Å². The highest BCUT2D eigenvalue weighted by molar-refractivity contribution is 5.98. The summed E-state index contributed by atoms with van der Waals surface area (Å²) in [6.07, 6.45) is 2.06. The van der Waals surface area contributed by atoms with E-state index in [1.165, 1.54) is 0 Å². The Bertz CT molecular complexity index is 758. The van der Waals surface area contributed by atoms with Gasteiger partial charge < -0.3 is 19.7 Å². The van der Waals surface area contributed by atoms with E-state index in [4.69, 9.17) is 9.47 Å². The van der Waals surface area contributed by atoms with Crippen LogP contribution in [-0.4, -0.2) is 49.6 Å². The van der Waals surface area contributed by atoms with Gasteiger partial charge in [0.1, 0.15) is 24.7 Å². The number of benzene rings is 2. The van der Waals surface area contributed by atoms with Crippen LogP contribution in [0.2, 0.25) is 0 Å². The fourth-order valence-corrected chi connectivity index (χ4v) is 2.94. The molecule has 6 heteroatoms. The Labute approximate surface area is 159 Å². The van der Waals surface area contributed by atoms with Crippen LogP contribution in [0.4, 0.5) is 0 Å². The van der Waals surface area contributed by atoms with E-state index in [0.717, 1.165) is 31.7 Å². The first kappa shape index (κ1) is 18.8. The Morgan fingerprint density at radius 1 is 0.889 bits per heavy atom. The second-order valence-electron chi connectivity index (χ2n) is 6.28. The van der Waals surface area contributed by atoms with Crippen molar-refractivity contribution in [3.63, 3.8) is 0 Å². The highest BCUT2D eigenvalue weighted by Crippen LogP contribution is 2.18. The van der Waals surface area contributed by atoms with Crippen molar-refractivity contribution in [1.82, 2.24) is 10.2 Å². The lowest BCUT2D eigenvalue weighted by Gasteiger charge is -2.16. The summed E-state index contributed by atoms with van der Waals surface area (Å²) in [6.45, 7) is 2.23. The summed E-state index contributed by atoms with van der Waals surface area (Å²) < 4.78 is 11.3. The molecular weight excluding hydrogens is 344 g/mol. The van der Waals surface area contributed by atoms with Crippen molar-refractivity contribution in [2.24, 2.45) is 0 Å². The number of amides is 2. The summed E-state index contributed by atoms with van der Waals surface area (Å²) in [4.78, 5) is 26.3. The van der Waals surface area contributed by atoms with E-state index in [0.29, 0.717) is 24.5 Å². The van der Waals surface area contributed by atoms with Gasteiger partial charge in [0, 0.05) is 13.1 Å². The molecule has 1 aliphatic heterocycles. The number of nitrogens with zero attached hydrogens (tertiary/aromatic N) is 1. The molecule has 0 atom stereocenters. The van der Waals surface area contributed by atoms with Gasteiger partial charge in [0.2, 0.25) is 5.91 Å². The molecule has 1 heterocycles. The molecule has 142 valence electrons. The highest BCUT2D eigenvalue weighted by atomic mass is 16.5. The van der Waals surface area contributed by atoms with E-state index in [-0.39, 0.29) is 18.4 Å². The maximum atomic E-state index is 12.4. The fraction of sp³-hybridized carbons (Fsp3) is 0.333. The first-order chi connectivity index (χ1) is 13.2. The quantitative estimate of drug-likeness (QED) is 0.727. The van der Waals surface area contributed by atoms with Gasteiger partial charge in [-0.25, -0.2) is 0 Å². The van der Waals surface area contributed by atoms with E-state index in [2.05, 4.69) is 5.32 Å². The molecule has 0 radical (unpaired) electrons. The van der Waals surface area contributed by atoms with Crippen molar-refractivity contribution < 1.29 is 19.1 Å². The van der Waals surface area contributed by atoms with Crippen LogP contribution in [0.5, 0.6) is 11.5 Å². The van der Waals surface area contributed by atoms with Crippen LogP contribution >= 0.6 is 0 Å². The molecule has 1 N–H and O–H groups in total. The molecule has 0 unspecified atom stereocenters. The largest absolute Gasteiger partial charge is 0.490 e. The van der Waals surface area contributed by atoms with E-state index in [1.807, 2.05) is 30.3 Å². The van der Waals surface area contributed by atoms with Crippen molar-refractivity contribution in [2.45, 2.75) is 12.8 Å². The number of ether oxygens (including phenoxy) is 2. The van der Waals surface area contributed by atoms with Crippen molar-refractivity contribution in [3.8, 4) is 11.5 Å². The number of hydrogen-bond donors (Lipinski definition) is 1. The minimum Gasteiger partial charge on any atom is -0.490 e. The molecule has 3 rings (SSSR count). The first-order valence-electron chi connectivity index (χ1n) is 9.20. The minimum absolute atomic E-state index is 0.00425. The van der Waals surface area contributed by atoms with E-state index in [9.17, 15) is 9.59 Å². The SMILES string of the molecule is O=C(NCC(=O)N1CCCC1)c1ccccc1OCCOc1ccccc1. The Balaban J connectivity index is 1.48.